The predicted octanol–water partition coefficient (Wildman–Crippen LogP) is 0.802. The molecule has 3 rings (SSSR count). The minimum absolute atomic E-state index is 0.00982. The standard InChI is InChI=1S/C18H23N3O3/c1-11-4-6-13(7-5-11)18(24)20-9-14-8-15(17(23)19-3)21(12(2)22)16(14)10-20/h4-7,14-16H,8-10H2,1-3H3,(H,19,23)/t14-,15-,16+/m1/s1. The second kappa shape index (κ2) is 6.26. The van der Waals surface area contributed by atoms with Gasteiger partial charge in [0.05, 0.1) is 6.04 Å². The average Bonchev–Trinajstić information content (AvgIpc) is 3.11. The molecule has 2 fully saturated rings. The summed E-state index contributed by atoms with van der Waals surface area (Å²) in [5.41, 5.74) is 1.78. The molecule has 0 saturated carbocycles. The molecule has 2 aliphatic rings. The van der Waals surface area contributed by atoms with Crippen molar-refractivity contribution in [3.8, 4) is 0 Å². The van der Waals surface area contributed by atoms with Crippen LogP contribution in [0.4, 0.5) is 0 Å². The van der Waals surface area contributed by atoms with Gasteiger partial charge in [0, 0.05) is 38.5 Å². The van der Waals surface area contributed by atoms with E-state index in [0.717, 1.165) is 5.56 Å². The molecule has 0 aliphatic carbocycles. The maximum absolute atomic E-state index is 12.7. The van der Waals surface area contributed by atoms with Crippen LogP contribution in [-0.4, -0.2) is 59.7 Å². The molecule has 1 aromatic carbocycles. The van der Waals surface area contributed by atoms with Crippen LogP contribution in [0, 0.1) is 12.8 Å². The number of likely N-dealkylation sites (tertiary alicyclic amines) is 2. The van der Waals surface area contributed by atoms with Crippen LogP contribution in [0.3, 0.4) is 0 Å². The highest BCUT2D eigenvalue weighted by Crippen LogP contribution is 2.36. The molecule has 2 saturated heterocycles. The molecular weight excluding hydrogens is 306 g/mol. The third kappa shape index (κ3) is 2.77. The van der Waals surface area contributed by atoms with Crippen LogP contribution in [0.1, 0.15) is 29.3 Å². The van der Waals surface area contributed by atoms with E-state index in [2.05, 4.69) is 5.32 Å². The SMILES string of the molecule is CNC(=O)[C@H]1C[C@@H]2CN(C(=O)c3ccc(C)cc3)C[C@@H]2N1C(C)=O. The fourth-order valence-electron chi connectivity index (χ4n) is 3.93. The number of fused-ring (bicyclic) bond motifs is 1. The number of hydrogen-bond acceptors (Lipinski definition) is 3. The van der Waals surface area contributed by atoms with E-state index < -0.39 is 6.04 Å². The van der Waals surface area contributed by atoms with E-state index in [1.807, 2.05) is 31.2 Å². The van der Waals surface area contributed by atoms with Crippen LogP contribution in [0.25, 0.3) is 0 Å². The van der Waals surface area contributed by atoms with Gasteiger partial charge in [-0.05, 0) is 25.5 Å². The number of carbonyl (C=O) groups excluding carboxylic acids is 3. The molecule has 128 valence electrons. The Hall–Kier alpha value is -2.37. The van der Waals surface area contributed by atoms with Crippen LogP contribution in [-0.2, 0) is 9.59 Å². The average molecular weight is 329 g/mol. The van der Waals surface area contributed by atoms with E-state index in [0.29, 0.717) is 25.1 Å². The Morgan fingerprint density at radius 1 is 1.12 bits per heavy atom. The Morgan fingerprint density at radius 2 is 1.79 bits per heavy atom. The van der Waals surface area contributed by atoms with Gasteiger partial charge in [-0.15, -0.1) is 0 Å². The van der Waals surface area contributed by atoms with Crippen molar-refractivity contribution in [3.05, 3.63) is 35.4 Å². The number of carbonyl (C=O) groups is 3. The molecule has 3 atom stereocenters. The quantitative estimate of drug-likeness (QED) is 0.873. The maximum atomic E-state index is 12.7. The maximum Gasteiger partial charge on any atom is 0.253 e. The predicted molar refractivity (Wildman–Crippen MR) is 89.4 cm³/mol. The van der Waals surface area contributed by atoms with Gasteiger partial charge in [-0.2, -0.15) is 0 Å². The summed E-state index contributed by atoms with van der Waals surface area (Å²) in [6.45, 7) is 4.56. The Balaban J connectivity index is 1.76. The summed E-state index contributed by atoms with van der Waals surface area (Å²) in [4.78, 5) is 40.2. The van der Waals surface area contributed by atoms with Crippen LogP contribution in [0.5, 0.6) is 0 Å². The molecule has 24 heavy (non-hydrogen) atoms. The number of nitrogens with zero attached hydrogens (tertiary/aromatic N) is 2. The largest absolute Gasteiger partial charge is 0.357 e. The van der Waals surface area contributed by atoms with Crippen molar-refractivity contribution < 1.29 is 14.4 Å². The second-order valence-corrected chi connectivity index (χ2v) is 6.70. The minimum atomic E-state index is -0.417. The third-order valence-corrected chi connectivity index (χ3v) is 5.12. The summed E-state index contributed by atoms with van der Waals surface area (Å²) in [7, 11) is 1.59. The first kappa shape index (κ1) is 16.5. The summed E-state index contributed by atoms with van der Waals surface area (Å²) in [6, 6.07) is 7.03. The van der Waals surface area contributed by atoms with Crippen LogP contribution in [0.2, 0.25) is 0 Å². The van der Waals surface area contributed by atoms with E-state index in [1.165, 1.54) is 6.92 Å². The zero-order valence-corrected chi connectivity index (χ0v) is 14.3. The Labute approximate surface area is 141 Å². The molecule has 6 nitrogen and oxygen atoms in total. The summed E-state index contributed by atoms with van der Waals surface area (Å²) in [5.74, 6) is -0.0910. The Kier molecular flexibility index (Phi) is 4.30. The zero-order valence-electron chi connectivity index (χ0n) is 14.3. The number of amides is 3. The number of aryl methyl sites for hydroxylation is 1. The summed E-state index contributed by atoms with van der Waals surface area (Å²) in [6.07, 6.45) is 0.613. The van der Waals surface area contributed by atoms with Gasteiger partial charge in [-0.25, -0.2) is 0 Å². The van der Waals surface area contributed by atoms with Crippen LogP contribution < -0.4 is 5.32 Å². The molecular formula is C18H23N3O3. The molecule has 0 radical (unpaired) electrons. The fourth-order valence-corrected chi connectivity index (χ4v) is 3.93. The van der Waals surface area contributed by atoms with Gasteiger partial charge in [0.25, 0.3) is 5.91 Å². The molecule has 2 aliphatic heterocycles. The van der Waals surface area contributed by atoms with E-state index in [9.17, 15) is 14.4 Å². The Bertz CT molecular complexity index is 671. The number of hydrogen-bond donors (Lipinski definition) is 1. The molecule has 3 amide bonds. The van der Waals surface area contributed by atoms with Crippen molar-refractivity contribution >= 4 is 17.7 Å². The molecule has 0 aromatic heterocycles. The van der Waals surface area contributed by atoms with Gasteiger partial charge in [0.15, 0.2) is 0 Å². The number of benzene rings is 1. The smallest absolute Gasteiger partial charge is 0.253 e. The first-order valence-electron chi connectivity index (χ1n) is 8.28. The summed E-state index contributed by atoms with van der Waals surface area (Å²) in [5, 5.41) is 2.63. The second-order valence-electron chi connectivity index (χ2n) is 6.70. The summed E-state index contributed by atoms with van der Waals surface area (Å²) >= 11 is 0. The molecule has 0 bridgehead atoms. The van der Waals surface area contributed by atoms with Crippen molar-refractivity contribution in [2.75, 3.05) is 20.1 Å². The number of nitrogens with one attached hydrogen (secondary N) is 1. The zero-order chi connectivity index (χ0) is 17.4. The monoisotopic (exact) mass is 329 g/mol. The lowest BCUT2D eigenvalue weighted by Crippen LogP contribution is -2.49. The molecule has 0 unspecified atom stereocenters. The highest BCUT2D eigenvalue weighted by molar-refractivity contribution is 5.95. The van der Waals surface area contributed by atoms with Crippen molar-refractivity contribution in [3.63, 3.8) is 0 Å². The molecule has 2 heterocycles. The van der Waals surface area contributed by atoms with E-state index >= 15 is 0 Å². The molecule has 0 spiro atoms. The van der Waals surface area contributed by atoms with Crippen molar-refractivity contribution in [2.45, 2.75) is 32.4 Å². The highest BCUT2D eigenvalue weighted by Gasteiger charge is 2.50. The van der Waals surface area contributed by atoms with Gasteiger partial charge >= 0.3 is 0 Å². The lowest BCUT2D eigenvalue weighted by molar-refractivity contribution is -0.138. The summed E-state index contributed by atoms with van der Waals surface area (Å²) < 4.78 is 0. The topological polar surface area (TPSA) is 69.7 Å². The van der Waals surface area contributed by atoms with E-state index in [-0.39, 0.29) is 29.7 Å². The molecule has 1 N–H and O–H groups in total. The van der Waals surface area contributed by atoms with Crippen molar-refractivity contribution in [2.24, 2.45) is 5.92 Å². The molecule has 6 heteroatoms. The Morgan fingerprint density at radius 3 is 2.38 bits per heavy atom. The minimum Gasteiger partial charge on any atom is -0.357 e. The fraction of sp³-hybridized carbons (Fsp3) is 0.500. The van der Waals surface area contributed by atoms with E-state index in [1.54, 1.807) is 16.8 Å². The first-order chi connectivity index (χ1) is 11.4. The first-order valence-corrected chi connectivity index (χ1v) is 8.28. The number of rotatable bonds is 2. The van der Waals surface area contributed by atoms with Gasteiger partial charge in [-0.3, -0.25) is 14.4 Å². The lowest BCUT2D eigenvalue weighted by Gasteiger charge is -2.28. The highest BCUT2D eigenvalue weighted by atomic mass is 16.2. The van der Waals surface area contributed by atoms with Crippen LogP contribution >= 0.6 is 0 Å². The van der Waals surface area contributed by atoms with Crippen molar-refractivity contribution in [1.29, 1.82) is 0 Å². The van der Waals surface area contributed by atoms with Gasteiger partial charge in [-0.1, -0.05) is 17.7 Å². The number of likely N-dealkylation sites (N-methyl/N-ethyl adjacent to an activating group) is 1. The van der Waals surface area contributed by atoms with Gasteiger partial charge in [0.2, 0.25) is 11.8 Å². The molecule has 1 aromatic rings. The van der Waals surface area contributed by atoms with Gasteiger partial charge < -0.3 is 15.1 Å². The van der Waals surface area contributed by atoms with E-state index in [4.69, 9.17) is 0 Å². The van der Waals surface area contributed by atoms with Crippen LogP contribution in [0.15, 0.2) is 24.3 Å². The lowest BCUT2D eigenvalue weighted by atomic mass is 10.0. The van der Waals surface area contributed by atoms with Gasteiger partial charge in [0.1, 0.15) is 6.04 Å². The third-order valence-electron chi connectivity index (χ3n) is 5.12. The normalized spacial score (nSPS) is 25.5. The van der Waals surface area contributed by atoms with Crippen molar-refractivity contribution in [1.82, 2.24) is 15.1 Å².